The molecule has 30 heavy (non-hydrogen) atoms. The van der Waals surface area contributed by atoms with E-state index in [9.17, 15) is 23.2 Å². The lowest BCUT2D eigenvalue weighted by Crippen LogP contribution is -2.11. The first-order valence-electron chi connectivity index (χ1n) is 9.01. The molecule has 0 N–H and O–H groups in total. The van der Waals surface area contributed by atoms with Crippen LogP contribution in [0.15, 0.2) is 59.6 Å². The van der Waals surface area contributed by atoms with Crippen molar-refractivity contribution in [3.05, 3.63) is 82.4 Å². The van der Waals surface area contributed by atoms with Gasteiger partial charge in [-0.25, -0.2) is 4.98 Å². The number of benzene rings is 2. The van der Waals surface area contributed by atoms with Crippen LogP contribution in [0.1, 0.15) is 32.6 Å². The molecule has 0 aliphatic carbocycles. The van der Waals surface area contributed by atoms with Gasteiger partial charge in [0.25, 0.3) is 0 Å². The summed E-state index contributed by atoms with van der Waals surface area (Å²) in [7, 11) is 0. The van der Waals surface area contributed by atoms with Crippen LogP contribution in [0.3, 0.4) is 0 Å². The molecule has 152 valence electrons. The maximum atomic E-state index is 13.6. The largest absolute Gasteiger partial charge is 0.417 e. The second-order valence-electron chi connectivity index (χ2n) is 6.74. The monoisotopic (exact) mass is 426 g/mol. The van der Waals surface area contributed by atoms with Crippen molar-refractivity contribution < 1.29 is 18.0 Å². The van der Waals surface area contributed by atoms with Gasteiger partial charge in [-0.2, -0.15) is 18.4 Å². The molecule has 0 saturated heterocycles. The Bertz CT molecular complexity index is 1140. The maximum absolute atomic E-state index is 13.6. The van der Waals surface area contributed by atoms with Gasteiger partial charge in [-0.3, -0.25) is 4.79 Å². The van der Waals surface area contributed by atoms with Gasteiger partial charge in [-0.15, -0.1) is 0 Å². The molecule has 2 aromatic carbocycles. The molecule has 1 aromatic heterocycles. The number of nitrogens with zero attached hydrogens (tertiary/aromatic N) is 2. The van der Waals surface area contributed by atoms with Crippen LogP contribution in [-0.4, -0.2) is 16.5 Å². The lowest BCUT2D eigenvalue weighted by atomic mass is 10.0. The highest BCUT2D eigenvalue weighted by Gasteiger charge is 2.36. The number of halogens is 3. The molecule has 0 saturated carbocycles. The number of hydrogen-bond acceptors (Lipinski definition) is 4. The van der Waals surface area contributed by atoms with E-state index in [4.69, 9.17) is 0 Å². The molecule has 3 nitrogen and oxygen atoms in total. The molecule has 0 bridgehead atoms. The van der Waals surface area contributed by atoms with Crippen LogP contribution in [0.2, 0.25) is 0 Å². The minimum Gasteiger partial charge on any atom is -0.293 e. The zero-order chi connectivity index (χ0) is 21.9. The molecule has 0 fully saturated rings. The fourth-order valence-electron chi connectivity index (χ4n) is 3.05. The van der Waals surface area contributed by atoms with Gasteiger partial charge >= 0.3 is 6.18 Å². The topological polar surface area (TPSA) is 53.8 Å². The number of thioether (sulfide) groups is 1. The van der Waals surface area contributed by atoms with Crippen LogP contribution in [0, 0.1) is 25.2 Å². The van der Waals surface area contributed by atoms with E-state index in [1.165, 1.54) is 0 Å². The Hall–Kier alpha value is -3.11. The highest BCUT2D eigenvalue weighted by Crippen LogP contribution is 2.38. The number of Topliss-reactive ketones (excluding diaryl/α,β-unsaturated/α-hetero) is 1. The van der Waals surface area contributed by atoms with Gasteiger partial charge in [0.1, 0.15) is 11.1 Å². The third-order valence-corrected chi connectivity index (χ3v) is 5.47. The van der Waals surface area contributed by atoms with E-state index in [0.717, 1.165) is 29.0 Å². The molecule has 0 atom stereocenters. The summed E-state index contributed by atoms with van der Waals surface area (Å²) in [5, 5.41) is 9.29. The first-order valence-corrected chi connectivity index (χ1v) is 10.00. The maximum Gasteiger partial charge on any atom is 0.417 e. The number of carbonyl (C=O) groups excluding carboxylic acids is 1. The molecule has 0 aliphatic rings. The molecule has 1 heterocycles. The molecule has 3 rings (SSSR count). The molecule has 0 radical (unpaired) electrons. The lowest BCUT2D eigenvalue weighted by Gasteiger charge is -2.14. The van der Waals surface area contributed by atoms with Crippen LogP contribution in [-0.2, 0) is 6.18 Å². The summed E-state index contributed by atoms with van der Waals surface area (Å²) in [5.41, 5.74) is 1.28. The van der Waals surface area contributed by atoms with Gasteiger partial charge in [0.15, 0.2) is 5.78 Å². The number of nitriles is 1. The van der Waals surface area contributed by atoms with Crippen molar-refractivity contribution in [2.45, 2.75) is 25.0 Å². The number of pyridine rings is 1. The number of alkyl halides is 3. The van der Waals surface area contributed by atoms with E-state index >= 15 is 0 Å². The van der Waals surface area contributed by atoms with E-state index in [1.54, 1.807) is 42.5 Å². The Morgan fingerprint density at radius 2 is 1.80 bits per heavy atom. The summed E-state index contributed by atoms with van der Waals surface area (Å²) >= 11 is 0.843. The van der Waals surface area contributed by atoms with E-state index < -0.39 is 17.3 Å². The Labute approximate surface area is 176 Å². The predicted molar refractivity (Wildman–Crippen MR) is 110 cm³/mol. The zero-order valence-electron chi connectivity index (χ0n) is 16.2. The highest BCUT2D eigenvalue weighted by molar-refractivity contribution is 8.00. The molecule has 3 aromatic rings. The quantitative estimate of drug-likeness (QED) is 0.358. The standard InChI is InChI=1S/C23H17F3N2OS/c1-14-8-9-17(15(2)10-14)21(29)13-30-22-18(12-27)19(23(24,25)26)11-20(28-22)16-6-4-3-5-7-16/h3-11H,13H2,1-2H3. The minimum atomic E-state index is -4.72. The van der Waals surface area contributed by atoms with Crippen LogP contribution in [0.4, 0.5) is 13.2 Å². The summed E-state index contributed by atoms with van der Waals surface area (Å²) in [6.07, 6.45) is -4.72. The van der Waals surface area contributed by atoms with Crippen LogP contribution < -0.4 is 0 Å². The third-order valence-electron chi connectivity index (χ3n) is 4.50. The van der Waals surface area contributed by atoms with Crippen molar-refractivity contribution in [2.75, 3.05) is 5.75 Å². The van der Waals surface area contributed by atoms with Gasteiger partial charge in [0.05, 0.1) is 22.6 Å². The average Bonchev–Trinajstić information content (AvgIpc) is 2.71. The number of aromatic nitrogens is 1. The number of aryl methyl sites for hydroxylation is 2. The Kier molecular flexibility index (Phi) is 6.28. The Morgan fingerprint density at radius 3 is 2.40 bits per heavy atom. The average molecular weight is 426 g/mol. The summed E-state index contributed by atoms with van der Waals surface area (Å²) in [6, 6.07) is 16.3. The number of carbonyl (C=O) groups is 1. The molecule has 0 spiro atoms. The van der Waals surface area contributed by atoms with Crippen LogP contribution in [0.25, 0.3) is 11.3 Å². The summed E-state index contributed by atoms with van der Waals surface area (Å²) in [6.45, 7) is 3.72. The Balaban J connectivity index is 2.00. The van der Waals surface area contributed by atoms with E-state index in [1.807, 2.05) is 26.0 Å². The number of hydrogen-bond donors (Lipinski definition) is 0. The first-order chi connectivity index (χ1) is 14.2. The second-order valence-corrected chi connectivity index (χ2v) is 7.71. The van der Waals surface area contributed by atoms with E-state index in [0.29, 0.717) is 11.1 Å². The van der Waals surface area contributed by atoms with Crippen LogP contribution in [0.5, 0.6) is 0 Å². The van der Waals surface area contributed by atoms with Crippen molar-refractivity contribution in [1.29, 1.82) is 5.26 Å². The summed E-state index contributed by atoms with van der Waals surface area (Å²) < 4.78 is 40.8. The molecular formula is C23H17F3N2OS. The summed E-state index contributed by atoms with van der Waals surface area (Å²) in [4.78, 5) is 16.9. The lowest BCUT2D eigenvalue weighted by molar-refractivity contribution is -0.138. The molecule has 0 unspecified atom stereocenters. The van der Waals surface area contributed by atoms with E-state index in [2.05, 4.69) is 4.98 Å². The fourth-order valence-corrected chi connectivity index (χ4v) is 3.94. The van der Waals surface area contributed by atoms with Gasteiger partial charge in [0.2, 0.25) is 0 Å². The SMILES string of the molecule is Cc1ccc(C(=O)CSc2nc(-c3ccccc3)cc(C(F)(F)F)c2C#N)c(C)c1. The van der Waals surface area contributed by atoms with Gasteiger partial charge < -0.3 is 0 Å². The number of ketones is 1. The summed E-state index contributed by atoms with van der Waals surface area (Å²) in [5.74, 6) is -0.358. The van der Waals surface area contributed by atoms with Gasteiger partial charge in [-0.1, -0.05) is 65.9 Å². The van der Waals surface area contributed by atoms with Crippen molar-refractivity contribution in [3.8, 4) is 17.3 Å². The van der Waals surface area contributed by atoms with Gasteiger partial charge in [-0.05, 0) is 25.5 Å². The molecule has 0 amide bonds. The van der Waals surface area contributed by atoms with Crippen LogP contribution >= 0.6 is 11.8 Å². The molecule has 7 heteroatoms. The molecular weight excluding hydrogens is 409 g/mol. The fraction of sp³-hybridized carbons (Fsp3) is 0.174. The third kappa shape index (κ3) is 4.71. The predicted octanol–water partition coefficient (Wildman–Crippen LogP) is 6.23. The van der Waals surface area contributed by atoms with Crippen molar-refractivity contribution in [2.24, 2.45) is 0 Å². The Morgan fingerprint density at radius 1 is 1.10 bits per heavy atom. The second kappa shape index (κ2) is 8.72. The van der Waals surface area contributed by atoms with Crippen molar-refractivity contribution >= 4 is 17.5 Å². The van der Waals surface area contributed by atoms with E-state index in [-0.39, 0.29) is 22.3 Å². The number of rotatable bonds is 5. The first kappa shape index (κ1) is 21.6. The van der Waals surface area contributed by atoms with Gasteiger partial charge in [0, 0.05) is 11.1 Å². The smallest absolute Gasteiger partial charge is 0.293 e. The normalized spacial score (nSPS) is 11.2. The minimum absolute atomic E-state index is 0.100. The zero-order valence-corrected chi connectivity index (χ0v) is 17.1. The highest BCUT2D eigenvalue weighted by atomic mass is 32.2. The van der Waals surface area contributed by atoms with Crippen molar-refractivity contribution in [3.63, 3.8) is 0 Å². The van der Waals surface area contributed by atoms with Crippen molar-refractivity contribution in [1.82, 2.24) is 4.98 Å². The molecule has 0 aliphatic heterocycles.